The molecule has 0 saturated carbocycles. The number of carbonyl (C=O) groups excluding carboxylic acids is 1. The summed E-state index contributed by atoms with van der Waals surface area (Å²) < 4.78 is 0. The molecule has 0 spiro atoms. The fraction of sp³-hybridized carbons (Fsp3) is 0.478. The molecule has 1 aliphatic rings. The fourth-order valence-electron chi connectivity index (χ4n) is 3.90. The molecule has 28 heavy (non-hydrogen) atoms. The number of piperazine rings is 1. The van der Waals surface area contributed by atoms with Crippen molar-refractivity contribution in [2.24, 2.45) is 5.92 Å². The molecule has 1 fully saturated rings. The van der Waals surface area contributed by atoms with Gasteiger partial charge in [-0.2, -0.15) is 0 Å². The Morgan fingerprint density at radius 3 is 2.36 bits per heavy atom. The first-order valence-corrected chi connectivity index (χ1v) is 10.5. The summed E-state index contributed by atoms with van der Waals surface area (Å²) in [6.45, 7) is 10.5. The van der Waals surface area contributed by atoms with Gasteiger partial charge in [-0.05, 0) is 18.1 Å². The maximum atomic E-state index is 12.8. The number of hydrogen-bond donors (Lipinski definition) is 1. The molecule has 3 N–H and O–H groups in total. The lowest BCUT2D eigenvalue weighted by Crippen LogP contribution is -2.88. The third kappa shape index (κ3) is 5.10. The van der Waals surface area contributed by atoms with E-state index in [4.69, 9.17) is 0 Å². The molecular weight excluding hydrogens is 348 g/mol. The van der Waals surface area contributed by atoms with Crippen LogP contribution >= 0.6 is 0 Å². The summed E-state index contributed by atoms with van der Waals surface area (Å²) in [5.41, 5.74) is 2.67. The maximum absolute atomic E-state index is 12.8. The van der Waals surface area contributed by atoms with Crippen LogP contribution in [0, 0.1) is 5.92 Å². The van der Waals surface area contributed by atoms with Crippen molar-refractivity contribution in [3.05, 3.63) is 59.8 Å². The van der Waals surface area contributed by atoms with Gasteiger partial charge in [-0.1, -0.05) is 51.1 Å². The third-order valence-corrected chi connectivity index (χ3v) is 5.70. The monoisotopic (exact) mass is 382 g/mol. The molecule has 1 aliphatic heterocycles. The largest absolute Gasteiger partial charge is 0.332 e. The van der Waals surface area contributed by atoms with Crippen molar-refractivity contribution in [3.8, 4) is 0 Å². The molecule has 1 aromatic heterocycles. The summed E-state index contributed by atoms with van der Waals surface area (Å²) in [5, 5.41) is 2.21. The molecule has 5 heteroatoms. The number of aryl methyl sites for hydroxylation is 1. The Bertz CT molecular complexity index is 737. The van der Waals surface area contributed by atoms with E-state index in [1.54, 1.807) is 0 Å². The van der Waals surface area contributed by atoms with Gasteiger partial charge >= 0.3 is 0 Å². The first kappa shape index (κ1) is 20.3. The molecule has 2 heterocycles. The first-order valence-electron chi connectivity index (χ1n) is 10.5. The van der Waals surface area contributed by atoms with Crippen molar-refractivity contribution in [3.63, 3.8) is 0 Å². The summed E-state index contributed by atoms with van der Waals surface area (Å²) >= 11 is 0. The van der Waals surface area contributed by atoms with Gasteiger partial charge in [0.2, 0.25) is 0 Å². The highest BCUT2D eigenvalue weighted by atomic mass is 16.2. The smallest absolute Gasteiger partial charge is 0.277 e. The minimum Gasteiger partial charge on any atom is -0.332 e. The predicted molar refractivity (Wildman–Crippen MR) is 112 cm³/mol. The Hall–Kier alpha value is -2.40. The average Bonchev–Trinajstić information content (AvgIpc) is 2.74. The summed E-state index contributed by atoms with van der Waals surface area (Å²) in [5.74, 6) is 1.84. The zero-order valence-electron chi connectivity index (χ0n) is 17.4. The average molecular weight is 383 g/mol. The lowest BCUT2D eigenvalue weighted by atomic mass is 9.95. The van der Waals surface area contributed by atoms with Crippen LogP contribution in [0.1, 0.15) is 37.9 Å². The highest BCUT2D eigenvalue weighted by molar-refractivity contribution is 5.77. The molecule has 0 radical (unpaired) electrons. The van der Waals surface area contributed by atoms with Crippen LogP contribution in [0.15, 0.2) is 48.7 Å². The van der Waals surface area contributed by atoms with Gasteiger partial charge in [0.1, 0.15) is 19.1 Å². The van der Waals surface area contributed by atoms with Crippen molar-refractivity contribution in [2.45, 2.75) is 33.2 Å². The Kier molecular flexibility index (Phi) is 7.04. The van der Waals surface area contributed by atoms with Crippen molar-refractivity contribution >= 4 is 11.7 Å². The predicted octanol–water partition coefficient (Wildman–Crippen LogP) is 1.67. The molecule has 3 rings (SSSR count). The number of rotatable bonds is 7. The Balaban J connectivity index is 1.52. The van der Waals surface area contributed by atoms with Crippen LogP contribution in [0.5, 0.6) is 0 Å². The summed E-state index contributed by atoms with van der Waals surface area (Å²) in [4.78, 5) is 20.4. The number of anilines is 1. The van der Waals surface area contributed by atoms with Crippen molar-refractivity contribution in [1.29, 1.82) is 0 Å². The summed E-state index contributed by atoms with van der Waals surface area (Å²) in [6.07, 6.45) is 3.00. The van der Waals surface area contributed by atoms with Crippen molar-refractivity contribution < 1.29 is 15.1 Å². The summed E-state index contributed by atoms with van der Waals surface area (Å²) in [6, 6.07) is 15.3. The van der Waals surface area contributed by atoms with Gasteiger partial charge in [0.25, 0.3) is 11.7 Å². The number of benzene rings is 1. The molecule has 0 unspecified atom stereocenters. The molecule has 1 saturated heterocycles. The Morgan fingerprint density at radius 1 is 1.07 bits per heavy atom. The van der Waals surface area contributed by atoms with Gasteiger partial charge in [-0.25, -0.2) is 4.98 Å². The third-order valence-electron chi connectivity index (χ3n) is 5.70. The number of amides is 1. The van der Waals surface area contributed by atoms with E-state index >= 15 is 0 Å². The number of pyridine rings is 1. The highest BCUT2D eigenvalue weighted by Crippen LogP contribution is 2.18. The lowest BCUT2D eigenvalue weighted by molar-refractivity contribution is -0.692. The number of H-pyrrole nitrogens is 1. The number of aromatic amines is 1. The lowest BCUT2D eigenvalue weighted by Gasteiger charge is -2.31. The van der Waals surface area contributed by atoms with Gasteiger partial charge < -0.3 is 10.2 Å². The minimum absolute atomic E-state index is 0.243. The Labute approximate surface area is 168 Å². The topological polar surface area (TPSA) is 54.3 Å². The number of aromatic nitrogens is 1. The first-order chi connectivity index (χ1) is 13.6. The van der Waals surface area contributed by atoms with E-state index in [1.165, 1.54) is 11.1 Å². The van der Waals surface area contributed by atoms with Crippen LogP contribution in [0.4, 0.5) is 5.82 Å². The minimum atomic E-state index is 0.243. The normalized spacial score (nSPS) is 15.7. The molecule has 2 aromatic rings. The zero-order chi connectivity index (χ0) is 19.9. The quantitative estimate of drug-likeness (QED) is 0.792. The SMILES string of the molecule is CCc1ccc([C@H]([NH2+]CC(=O)N2CCN(c3cccc[nH+]3)CC2)C(C)C)cc1. The molecule has 1 aromatic carbocycles. The van der Waals surface area contributed by atoms with Crippen LogP contribution in [-0.4, -0.2) is 43.5 Å². The van der Waals surface area contributed by atoms with E-state index in [-0.39, 0.29) is 5.91 Å². The van der Waals surface area contributed by atoms with E-state index in [0.29, 0.717) is 18.5 Å². The second kappa shape index (κ2) is 9.69. The number of nitrogens with one attached hydrogen (secondary N) is 1. The van der Waals surface area contributed by atoms with Gasteiger partial charge in [0.05, 0.1) is 19.3 Å². The molecular formula is C23H34N4O+2. The molecule has 1 amide bonds. The van der Waals surface area contributed by atoms with E-state index in [9.17, 15) is 4.79 Å². The van der Waals surface area contributed by atoms with Crippen molar-refractivity contribution in [1.82, 2.24) is 4.90 Å². The van der Waals surface area contributed by atoms with Crippen LogP contribution in [0.2, 0.25) is 0 Å². The molecule has 0 bridgehead atoms. The van der Waals surface area contributed by atoms with Crippen LogP contribution in [0.25, 0.3) is 0 Å². The second-order valence-corrected chi connectivity index (χ2v) is 7.92. The van der Waals surface area contributed by atoms with Crippen LogP contribution < -0.4 is 15.2 Å². The van der Waals surface area contributed by atoms with Gasteiger partial charge in [-0.3, -0.25) is 9.69 Å². The molecule has 5 nitrogen and oxygen atoms in total. The second-order valence-electron chi connectivity index (χ2n) is 7.92. The standard InChI is InChI=1S/C23H32N4O/c1-4-19-8-10-20(11-9-19)23(18(2)3)25-17-22(28)27-15-13-26(14-16-27)21-7-5-6-12-24-21/h5-12,18,23,25H,4,13-17H2,1-3H3/p+2/t23-/m1/s1. The number of hydrogen-bond acceptors (Lipinski definition) is 2. The van der Waals surface area contributed by atoms with Crippen molar-refractivity contribution in [2.75, 3.05) is 37.6 Å². The fourth-order valence-corrected chi connectivity index (χ4v) is 3.90. The van der Waals surface area contributed by atoms with E-state index in [1.807, 2.05) is 23.2 Å². The van der Waals surface area contributed by atoms with Gasteiger partial charge in [0, 0.05) is 17.5 Å². The number of quaternary nitrogens is 1. The molecule has 0 aliphatic carbocycles. The van der Waals surface area contributed by atoms with E-state index in [2.05, 4.69) is 66.3 Å². The van der Waals surface area contributed by atoms with Crippen LogP contribution in [0.3, 0.4) is 0 Å². The number of nitrogens with zero attached hydrogens (tertiary/aromatic N) is 2. The summed E-state index contributed by atoms with van der Waals surface area (Å²) in [7, 11) is 0. The van der Waals surface area contributed by atoms with E-state index in [0.717, 1.165) is 38.4 Å². The number of nitrogens with two attached hydrogens (primary N) is 1. The van der Waals surface area contributed by atoms with E-state index < -0.39 is 0 Å². The Morgan fingerprint density at radius 2 is 1.79 bits per heavy atom. The zero-order valence-corrected chi connectivity index (χ0v) is 17.4. The molecule has 150 valence electrons. The molecule has 1 atom stereocenters. The van der Waals surface area contributed by atoms with Crippen LogP contribution in [-0.2, 0) is 11.2 Å². The van der Waals surface area contributed by atoms with Gasteiger partial charge in [0.15, 0.2) is 6.54 Å². The van der Waals surface area contributed by atoms with Gasteiger partial charge in [-0.15, -0.1) is 0 Å². The number of carbonyl (C=O) groups is 1. The maximum Gasteiger partial charge on any atom is 0.277 e. The highest BCUT2D eigenvalue weighted by Gasteiger charge is 2.28.